The molecular formula is C18H20. The molecule has 0 aliphatic carbocycles. The maximum atomic E-state index is 3.89. The molecule has 2 rings (SSSR count). The Morgan fingerprint density at radius 2 is 1.56 bits per heavy atom. The molecular weight excluding hydrogens is 216 g/mol. The minimum absolute atomic E-state index is 0.139. The zero-order valence-corrected chi connectivity index (χ0v) is 11.2. The van der Waals surface area contributed by atoms with Crippen LogP contribution < -0.4 is 0 Å². The highest BCUT2D eigenvalue weighted by atomic mass is 14.3. The van der Waals surface area contributed by atoms with E-state index in [0.717, 1.165) is 6.42 Å². The van der Waals surface area contributed by atoms with Crippen molar-refractivity contribution in [3.8, 4) is 0 Å². The highest BCUT2D eigenvalue weighted by Gasteiger charge is 2.21. The van der Waals surface area contributed by atoms with Gasteiger partial charge in [0.15, 0.2) is 0 Å². The first kappa shape index (κ1) is 12.6. The van der Waals surface area contributed by atoms with Gasteiger partial charge in [0.25, 0.3) is 0 Å². The van der Waals surface area contributed by atoms with Crippen molar-refractivity contribution in [1.82, 2.24) is 0 Å². The first-order chi connectivity index (χ1) is 8.63. The number of hydrogen-bond donors (Lipinski definition) is 0. The summed E-state index contributed by atoms with van der Waals surface area (Å²) in [6.45, 7) is 8.48. The average molecular weight is 236 g/mol. The van der Waals surface area contributed by atoms with E-state index in [4.69, 9.17) is 0 Å². The van der Waals surface area contributed by atoms with Crippen LogP contribution in [-0.4, -0.2) is 0 Å². The van der Waals surface area contributed by atoms with Gasteiger partial charge in [-0.2, -0.15) is 0 Å². The van der Waals surface area contributed by atoms with Gasteiger partial charge in [-0.25, -0.2) is 0 Å². The molecule has 0 aliphatic heterocycles. The van der Waals surface area contributed by atoms with Crippen molar-refractivity contribution in [3.05, 3.63) is 77.9 Å². The van der Waals surface area contributed by atoms with E-state index in [0.29, 0.717) is 0 Å². The van der Waals surface area contributed by atoms with Gasteiger partial charge in [0.2, 0.25) is 0 Å². The van der Waals surface area contributed by atoms with Crippen LogP contribution in [-0.2, 0) is 11.8 Å². The number of benzene rings is 2. The van der Waals surface area contributed by atoms with Crippen molar-refractivity contribution in [2.45, 2.75) is 25.7 Å². The summed E-state index contributed by atoms with van der Waals surface area (Å²) < 4.78 is 0. The van der Waals surface area contributed by atoms with Gasteiger partial charge in [0.05, 0.1) is 0 Å². The van der Waals surface area contributed by atoms with Crippen LogP contribution in [0.2, 0.25) is 0 Å². The van der Waals surface area contributed by atoms with Gasteiger partial charge in [-0.1, -0.05) is 81.1 Å². The minimum atomic E-state index is 0.139. The molecule has 0 nitrogen and oxygen atoms in total. The van der Waals surface area contributed by atoms with Gasteiger partial charge in [0.1, 0.15) is 0 Å². The third kappa shape index (κ3) is 2.70. The lowest BCUT2D eigenvalue weighted by Gasteiger charge is -2.26. The van der Waals surface area contributed by atoms with Crippen molar-refractivity contribution in [3.63, 3.8) is 0 Å². The van der Waals surface area contributed by atoms with Gasteiger partial charge in [-0.3, -0.25) is 0 Å². The summed E-state index contributed by atoms with van der Waals surface area (Å²) in [6, 6.07) is 19.2. The normalized spacial score (nSPS) is 11.2. The molecule has 0 saturated carbocycles. The van der Waals surface area contributed by atoms with Crippen LogP contribution in [0.15, 0.2) is 61.2 Å². The summed E-state index contributed by atoms with van der Waals surface area (Å²) in [5.41, 5.74) is 4.12. The quantitative estimate of drug-likeness (QED) is 0.712. The zero-order valence-electron chi connectivity index (χ0n) is 11.2. The summed E-state index contributed by atoms with van der Waals surface area (Å²) in [5, 5.41) is 0. The van der Waals surface area contributed by atoms with E-state index < -0.39 is 0 Å². The van der Waals surface area contributed by atoms with Crippen LogP contribution >= 0.6 is 0 Å². The molecule has 0 N–H and O–H groups in total. The van der Waals surface area contributed by atoms with E-state index in [-0.39, 0.29) is 5.41 Å². The summed E-state index contributed by atoms with van der Waals surface area (Å²) >= 11 is 0. The highest BCUT2D eigenvalue weighted by Crippen LogP contribution is 2.28. The zero-order chi connectivity index (χ0) is 13.0. The molecule has 0 radical (unpaired) electrons. The Balaban J connectivity index is 2.30. The lowest BCUT2D eigenvalue weighted by molar-refractivity contribution is 0.522. The predicted molar refractivity (Wildman–Crippen MR) is 79.7 cm³/mol. The molecule has 2 aromatic carbocycles. The van der Waals surface area contributed by atoms with Crippen molar-refractivity contribution >= 4 is 6.08 Å². The topological polar surface area (TPSA) is 0 Å². The standard InChI is InChI=1S/C18H20/c1-4-15-10-8-9-11-16(15)14-18(2,3)17-12-6-5-7-13-17/h4-13H,1,14H2,2-3H3. The summed E-state index contributed by atoms with van der Waals surface area (Å²) in [4.78, 5) is 0. The van der Waals surface area contributed by atoms with E-state index >= 15 is 0 Å². The second-order valence-electron chi connectivity index (χ2n) is 5.33. The van der Waals surface area contributed by atoms with Gasteiger partial charge in [-0.15, -0.1) is 0 Å². The maximum Gasteiger partial charge on any atom is -0.00630 e. The van der Waals surface area contributed by atoms with E-state index in [9.17, 15) is 0 Å². The molecule has 0 bridgehead atoms. The van der Waals surface area contributed by atoms with E-state index in [1.807, 2.05) is 6.08 Å². The molecule has 0 aromatic heterocycles. The maximum absolute atomic E-state index is 3.89. The van der Waals surface area contributed by atoms with Crippen LogP contribution in [0.5, 0.6) is 0 Å². The Bertz CT molecular complexity index is 521. The van der Waals surface area contributed by atoms with E-state index in [1.54, 1.807) is 0 Å². The first-order valence-electron chi connectivity index (χ1n) is 6.39. The fourth-order valence-corrected chi connectivity index (χ4v) is 2.36. The van der Waals surface area contributed by atoms with Crippen LogP contribution in [0.4, 0.5) is 0 Å². The third-order valence-electron chi connectivity index (χ3n) is 3.46. The largest absolute Gasteiger partial charge is 0.0985 e. The van der Waals surface area contributed by atoms with E-state index in [2.05, 4.69) is 75.0 Å². The van der Waals surface area contributed by atoms with Crippen molar-refractivity contribution < 1.29 is 0 Å². The molecule has 0 atom stereocenters. The average Bonchev–Trinajstić information content (AvgIpc) is 2.40. The molecule has 0 amide bonds. The molecule has 0 heteroatoms. The Kier molecular flexibility index (Phi) is 3.66. The molecule has 0 unspecified atom stereocenters. The van der Waals surface area contributed by atoms with Gasteiger partial charge < -0.3 is 0 Å². The summed E-state index contributed by atoms with van der Waals surface area (Å²) in [7, 11) is 0. The third-order valence-corrected chi connectivity index (χ3v) is 3.46. The lowest BCUT2D eigenvalue weighted by Crippen LogP contribution is -2.20. The van der Waals surface area contributed by atoms with Crippen molar-refractivity contribution in [1.29, 1.82) is 0 Å². The van der Waals surface area contributed by atoms with Crippen LogP contribution in [0.25, 0.3) is 6.08 Å². The lowest BCUT2D eigenvalue weighted by atomic mass is 9.78. The molecule has 0 aliphatic rings. The van der Waals surface area contributed by atoms with Crippen molar-refractivity contribution in [2.24, 2.45) is 0 Å². The molecule has 18 heavy (non-hydrogen) atoms. The van der Waals surface area contributed by atoms with Crippen LogP contribution in [0.1, 0.15) is 30.5 Å². The minimum Gasteiger partial charge on any atom is -0.0985 e. The number of rotatable bonds is 4. The summed E-state index contributed by atoms with van der Waals surface area (Å²) in [5.74, 6) is 0. The Labute approximate surface area is 110 Å². The smallest absolute Gasteiger partial charge is 0.00630 e. The van der Waals surface area contributed by atoms with Gasteiger partial charge >= 0.3 is 0 Å². The van der Waals surface area contributed by atoms with Gasteiger partial charge in [0, 0.05) is 0 Å². The van der Waals surface area contributed by atoms with Crippen LogP contribution in [0.3, 0.4) is 0 Å². The molecule has 0 fully saturated rings. The number of hydrogen-bond acceptors (Lipinski definition) is 0. The second kappa shape index (κ2) is 5.22. The molecule has 0 spiro atoms. The van der Waals surface area contributed by atoms with E-state index in [1.165, 1.54) is 16.7 Å². The predicted octanol–water partition coefficient (Wildman–Crippen LogP) is 4.85. The fourth-order valence-electron chi connectivity index (χ4n) is 2.36. The fraction of sp³-hybridized carbons (Fsp3) is 0.222. The monoisotopic (exact) mass is 236 g/mol. The SMILES string of the molecule is C=Cc1ccccc1CC(C)(C)c1ccccc1. The Morgan fingerprint density at radius 1 is 0.944 bits per heavy atom. The molecule has 92 valence electrons. The van der Waals surface area contributed by atoms with Gasteiger partial charge in [-0.05, 0) is 28.5 Å². The second-order valence-corrected chi connectivity index (χ2v) is 5.33. The molecule has 2 aromatic rings. The Morgan fingerprint density at radius 3 is 2.22 bits per heavy atom. The van der Waals surface area contributed by atoms with Crippen molar-refractivity contribution in [2.75, 3.05) is 0 Å². The highest BCUT2D eigenvalue weighted by molar-refractivity contribution is 5.52. The first-order valence-corrected chi connectivity index (χ1v) is 6.39. The van der Waals surface area contributed by atoms with Crippen LogP contribution in [0, 0.1) is 0 Å². The molecule has 0 heterocycles. The Hall–Kier alpha value is -1.82. The summed E-state index contributed by atoms with van der Waals surface area (Å²) in [6.07, 6.45) is 2.97. The molecule has 0 saturated heterocycles.